The van der Waals surface area contributed by atoms with Gasteiger partial charge in [-0.15, -0.1) is 0 Å². The molecule has 0 heterocycles. The average Bonchev–Trinajstić information content (AvgIpc) is 0.926. The number of carbonyl (C=O) groups is 4. The lowest BCUT2D eigenvalue weighted by Gasteiger charge is -2.21. The lowest BCUT2D eigenvalue weighted by molar-refractivity contribution is -0.161. The molecule has 612 valence electrons. The van der Waals surface area contributed by atoms with E-state index in [0.29, 0.717) is 25.7 Å². The summed E-state index contributed by atoms with van der Waals surface area (Å²) in [5.41, 5.74) is 0. The van der Waals surface area contributed by atoms with Gasteiger partial charge in [0.25, 0.3) is 0 Å². The number of phosphoric ester groups is 2. The van der Waals surface area contributed by atoms with Crippen molar-refractivity contribution in [1.29, 1.82) is 0 Å². The van der Waals surface area contributed by atoms with Crippen LogP contribution in [0.5, 0.6) is 0 Å². The van der Waals surface area contributed by atoms with Gasteiger partial charge in [-0.3, -0.25) is 37.3 Å². The summed E-state index contributed by atoms with van der Waals surface area (Å²) in [6.07, 6.45) is 72.3. The quantitative estimate of drug-likeness (QED) is 0.0222. The maximum atomic E-state index is 13.1. The minimum Gasteiger partial charge on any atom is -0.462 e. The maximum absolute atomic E-state index is 13.1. The first kappa shape index (κ1) is 101. The second-order valence-electron chi connectivity index (χ2n) is 30.2. The highest BCUT2D eigenvalue weighted by atomic mass is 31.2. The fraction of sp³-hybridized carbons (Fsp3) is 0.952. The van der Waals surface area contributed by atoms with E-state index in [1.54, 1.807) is 0 Å². The highest BCUT2D eigenvalue weighted by molar-refractivity contribution is 7.47. The summed E-state index contributed by atoms with van der Waals surface area (Å²) >= 11 is 0. The van der Waals surface area contributed by atoms with Gasteiger partial charge in [-0.1, -0.05) is 407 Å². The predicted octanol–water partition coefficient (Wildman–Crippen LogP) is 25.7. The van der Waals surface area contributed by atoms with E-state index in [-0.39, 0.29) is 25.7 Å². The number of unbranched alkanes of at least 4 members (excludes halogenated alkanes) is 59. The molecule has 2 unspecified atom stereocenters. The summed E-state index contributed by atoms with van der Waals surface area (Å²) < 4.78 is 68.8. The van der Waals surface area contributed by atoms with Crippen LogP contribution in [0.1, 0.15) is 458 Å². The average molecular weight is 1510 g/mol. The Morgan fingerprint density at radius 2 is 0.388 bits per heavy atom. The molecule has 0 spiro atoms. The van der Waals surface area contributed by atoms with E-state index in [4.69, 9.17) is 37.0 Å². The van der Waals surface area contributed by atoms with Crippen molar-refractivity contribution in [2.24, 2.45) is 0 Å². The van der Waals surface area contributed by atoms with Crippen LogP contribution < -0.4 is 0 Å². The van der Waals surface area contributed by atoms with Crippen molar-refractivity contribution in [1.82, 2.24) is 0 Å². The zero-order valence-corrected chi connectivity index (χ0v) is 69.1. The zero-order chi connectivity index (χ0) is 75.3. The van der Waals surface area contributed by atoms with E-state index in [1.807, 2.05) is 0 Å². The third-order valence-corrected chi connectivity index (χ3v) is 21.8. The molecule has 0 radical (unpaired) electrons. The molecule has 5 atom stereocenters. The number of phosphoric acid groups is 2. The maximum Gasteiger partial charge on any atom is 0.472 e. The van der Waals surface area contributed by atoms with Gasteiger partial charge in [0.2, 0.25) is 0 Å². The van der Waals surface area contributed by atoms with Crippen molar-refractivity contribution in [2.45, 2.75) is 476 Å². The largest absolute Gasteiger partial charge is 0.472 e. The lowest BCUT2D eigenvalue weighted by atomic mass is 10.0. The molecular formula is C84H164O17P2. The first-order chi connectivity index (χ1) is 50.2. The predicted molar refractivity (Wildman–Crippen MR) is 423 cm³/mol. The zero-order valence-electron chi connectivity index (χ0n) is 67.3. The van der Waals surface area contributed by atoms with Crippen LogP contribution in [0.4, 0.5) is 0 Å². The standard InChI is InChI=1S/C84H164O17P2/c1-5-9-13-17-21-25-28-31-34-36-38-39-41-43-45-48-51-55-59-63-67-71-84(89)101-80(75-95-82(87)69-65-61-57-53-49-47-44-42-40-37-35-32-29-26-22-18-14-10-6-2)77-99-103(92,93)97-73-78(85)72-96-102(90,91)98-76-79(74-94-81(86)68-64-60-56-52-24-20-16-12-8-4)100-83(88)70-66-62-58-54-50-46-33-30-27-23-19-15-11-7-3/h78-80,85H,5-77H2,1-4H3,(H,90,91)(H,92,93)/t78-,79+,80+/m0/s1. The molecule has 0 bridgehead atoms. The minimum absolute atomic E-state index is 0.109. The van der Waals surface area contributed by atoms with E-state index in [1.165, 1.54) is 289 Å². The molecule has 0 amide bonds. The second-order valence-corrected chi connectivity index (χ2v) is 33.1. The van der Waals surface area contributed by atoms with Crippen molar-refractivity contribution in [3.8, 4) is 0 Å². The molecule has 0 aliphatic rings. The fourth-order valence-corrected chi connectivity index (χ4v) is 14.7. The lowest BCUT2D eigenvalue weighted by Crippen LogP contribution is -2.30. The summed E-state index contributed by atoms with van der Waals surface area (Å²) in [6.45, 7) is 5.03. The van der Waals surface area contributed by atoms with Gasteiger partial charge in [-0.2, -0.15) is 0 Å². The normalized spacial score (nSPS) is 13.7. The van der Waals surface area contributed by atoms with Gasteiger partial charge in [0, 0.05) is 25.7 Å². The number of rotatable bonds is 85. The van der Waals surface area contributed by atoms with E-state index in [9.17, 15) is 43.2 Å². The van der Waals surface area contributed by atoms with Crippen molar-refractivity contribution in [3.63, 3.8) is 0 Å². The van der Waals surface area contributed by atoms with Gasteiger partial charge in [0.05, 0.1) is 26.4 Å². The van der Waals surface area contributed by atoms with Gasteiger partial charge in [-0.05, 0) is 25.7 Å². The Labute approximate surface area is 632 Å². The number of hydrogen-bond donors (Lipinski definition) is 3. The molecular weight excluding hydrogens is 1340 g/mol. The molecule has 0 saturated heterocycles. The number of hydrogen-bond acceptors (Lipinski definition) is 15. The van der Waals surface area contributed by atoms with Crippen molar-refractivity contribution >= 4 is 39.5 Å². The summed E-state index contributed by atoms with van der Waals surface area (Å²) in [4.78, 5) is 73.1. The minimum atomic E-state index is -4.96. The van der Waals surface area contributed by atoms with Gasteiger partial charge >= 0.3 is 39.5 Å². The van der Waals surface area contributed by atoms with Crippen LogP contribution in [0.3, 0.4) is 0 Å². The number of aliphatic hydroxyl groups excluding tert-OH is 1. The molecule has 3 N–H and O–H groups in total. The molecule has 0 saturated carbocycles. The molecule has 0 rings (SSSR count). The highest BCUT2D eigenvalue weighted by Crippen LogP contribution is 2.45. The highest BCUT2D eigenvalue weighted by Gasteiger charge is 2.30. The Kier molecular flexibility index (Phi) is 76.7. The smallest absolute Gasteiger partial charge is 0.462 e. The first-order valence-corrected chi connectivity index (χ1v) is 46.8. The van der Waals surface area contributed by atoms with Gasteiger partial charge in [-0.25, -0.2) is 9.13 Å². The summed E-state index contributed by atoms with van der Waals surface area (Å²) in [5.74, 6) is -2.10. The number of ether oxygens (including phenoxy) is 4. The van der Waals surface area contributed by atoms with E-state index in [2.05, 4.69) is 27.7 Å². The Morgan fingerprint density at radius 3 is 0.573 bits per heavy atom. The Morgan fingerprint density at radius 1 is 0.233 bits per heavy atom. The van der Waals surface area contributed by atoms with Crippen LogP contribution in [-0.2, 0) is 65.4 Å². The number of esters is 4. The summed E-state index contributed by atoms with van der Waals surface area (Å²) in [7, 11) is -9.92. The molecule has 0 fully saturated rings. The van der Waals surface area contributed by atoms with Crippen molar-refractivity contribution in [2.75, 3.05) is 39.6 Å². The van der Waals surface area contributed by atoms with Crippen LogP contribution in [0.25, 0.3) is 0 Å². The van der Waals surface area contributed by atoms with Crippen LogP contribution in [0.15, 0.2) is 0 Å². The number of aliphatic hydroxyl groups is 1. The van der Waals surface area contributed by atoms with E-state index >= 15 is 0 Å². The second kappa shape index (κ2) is 78.2. The van der Waals surface area contributed by atoms with Gasteiger partial charge in [0.1, 0.15) is 19.3 Å². The third-order valence-electron chi connectivity index (χ3n) is 19.9. The third kappa shape index (κ3) is 78.0. The molecule has 0 aliphatic carbocycles. The summed E-state index contributed by atoms with van der Waals surface area (Å²) in [6, 6.07) is 0. The Bertz CT molecular complexity index is 1950. The van der Waals surface area contributed by atoms with Crippen molar-refractivity contribution < 1.29 is 80.2 Å². The molecule has 0 aromatic carbocycles. The van der Waals surface area contributed by atoms with Crippen LogP contribution >= 0.6 is 15.6 Å². The molecule has 17 nitrogen and oxygen atoms in total. The molecule has 0 aliphatic heterocycles. The van der Waals surface area contributed by atoms with E-state index < -0.39 is 97.5 Å². The van der Waals surface area contributed by atoms with Gasteiger partial charge in [0.15, 0.2) is 12.2 Å². The molecule has 0 aromatic heterocycles. The topological polar surface area (TPSA) is 237 Å². The molecule has 19 heteroatoms. The number of carbonyl (C=O) groups excluding carboxylic acids is 4. The van der Waals surface area contributed by atoms with E-state index in [0.717, 1.165) is 89.9 Å². The van der Waals surface area contributed by atoms with Crippen LogP contribution in [-0.4, -0.2) is 96.7 Å². The fourth-order valence-electron chi connectivity index (χ4n) is 13.2. The van der Waals surface area contributed by atoms with Crippen LogP contribution in [0.2, 0.25) is 0 Å². The SMILES string of the molecule is CCCCCCCCCCCCCCCCCCCCCCCC(=O)O[C@H](COC(=O)CCCCCCCCCCCCCCCCCCCCC)COP(=O)(O)OC[C@@H](O)COP(=O)(O)OC[C@@H](COC(=O)CCCCCCCCCCC)OC(=O)CCCCCCCCCCCCCCCC. The Balaban J connectivity index is 5.20. The summed E-state index contributed by atoms with van der Waals surface area (Å²) in [5, 5.41) is 10.7. The Hall–Kier alpha value is -1.94. The molecule has 0 aromatic rings. The van der Waals surface area contributed by atoms with Gasteiger partial charge < -0.3 is 33.8 Å². The first-order valence-electron chi connectivity index (χ1n) is 43.8. The monoisotopic (exact) mass is 1510 g/mol. The van der Waals surface area contributed by atoms with Crippen LogP contribution in [0, 0.1) is 0 Å². The molecule has 103 heavy (non-hydrogen) atoms. The van der Waals surface area contributed by atoms with Crippen molar-refractivity contribution in [3.05, 3.63) is 0 Å².